The zero-order valence-corrected chi connectivity index (χ0v) is 13.5. The summed E-state index contributed by atoms with van der Waals surface area (Å²) in [6, 6.07) is 9.74. The van der Waals surface area contributed by atoms with Gasteiger partial charge in [0, 0.05) is 5.69 Å². The van der Waals surface area contributed by atoms with E-state index in [1.54, 1.807) is 12.1 Å². The molecule has 1 aliphatic rings. The number of anilines is 1. The standard InChI is InChI=1S/C17H13F2NO3S/c1-23-17(22)13-7-6-12(8-14(13)19)20-15(21)9-24-16(20)10-2-4-11(18)5-3-10/h2-8,16H,9H2,1H3. The van der Waals surface area contributed by atoms with Crippen molar-refractivity contribution in [3.63, 3.8) is 0 Å². The molecule has 1 aliphatic heterocycles. The SMILES string of the molecule is COC(=O)c1ccc(N2C(=O)CSC2c2ccc(F)cc2)cc1F. The van der Waals surface area contributed by atoms with E-state index >= 15 is 0 Å². The van der Waals surface area contributed by atoms with E-state index in [-0.39, 0.29) is 28.4 Å². The van der Waals surface area contributed by atoms with Crippen LogP contribution in [0, 0.1) is 11.6 Å². The zero-order valence-electron chi connectivity index (χ0n) is 12.7. The Labute approximate surface area is 141 Å². The highest BCUT2D eigenvalue weighted by Gasteiger charge is 2.34. The summed E-state index contributed by atoms with van der Waals surface area (Å²) < 4.78 is 31.8. The van der Waals surface area contributed by atoms with E-state index in [9.17, 15) is 18.4 Å². The number of halogens is 2. The summed E-state index contributed by atoms with van der Waals surface area (Å²) >= 11 is 1.37. The van der Waals surface area contributed by atoms with Gasteiger partial charge in [-0.05, 0) is 35.9 Å². The van der Waals surface area contributed by atoms with E-state index in [0.29, 0.717) is 5.69 Å². The maximum Gasteiger partial charge on any atom is 0.340 e. The van der Waals surface area contributed by atoms with E-state index in [1.165, 1.54) is 48.0 Å². The predicted octanol–water partition coefficient (Wildman–Crippen LogP) is 3.53. The second kappa shape index (κ2) is 6.60. The number of hydrogen-bond acceptors (Lipinski definition) is 4. The average Bonchev–Trinajstić information content (AvgIpc) is 2.96. The molecule has 0 bridgehead atoms. The van der Waals surface area contributed by atoms with Crippen molar-refractivity contribution in [1.82, 2.24) is 0 Å². The van der Waals surface area contributed by atoms with E-state index in [0.717, 1.165) is 11.6 Å². The smallest absolute Gasteiger partial charge is 0.340 e. The van der Waals surface area contributed by atoms with Crippen LogP contribution in [-0.4, -0.2) is 24.7 Å². The lowest BCUT2D eigenvalue weighted by Gasteiger charge is -2.24. The van der Waals surface area contributed by atoms with Crippen LogP contribution in [0.15, 0.2) is 42.5 Å². The van der Waals surface area contributed by atoms with Crippen molar-refractivity contribution in [2.75, 3.05) is 17.8 Å². The molecule has 1 amide bonds. The molecule has 0 radical (unpaired) electrons. The van der Waals surface area contributed by atoms with Crippen molar-refractivity contribution < 1.29 is 23.1 Å². The molecule has 0 spiro atoms. The molecular weight excluding hydrogens is 336 g/mol. The third-order valence-corrected chi connectivity index (χ3v) is 4.87. The van der Waals surface area contributed by atoms with Gasteiger partial charge in [-0.2, -0.15) is 0 Å². The summed E-state index contributed by atoms with van der Waals surface area (Å²) in [5.74, 6) is -1.85. The van der Waals surface area contributed by atoms with Crippen LogP contribution in [0.2, 0.25) is 0 Å². The quantitative estimate of drug-likeness (QED) is 0.796. The summed E-state index contributed by atoms with van der Waals surface area (Å²) in [5, 5.41) is -0.374. The second-order valence-electron chi connectivity index (χ2n) is 5.13. The van der Waals surface area contributed by atoms with Crippen molar-refractivity contribution in [2.24, 2.45) is 0 Å². The van der Waals surface area contributed by atoms with Crippen molar-refractivity contribution in [3.8, 4) is 0 Å². The fraction of sp³-hybridized carbons (Fsp3) is 0.176. The first-order chi connectivity index (χ1) is 11.5. The molecule has 7 heteroatoms. The van der Waals surface area contributed by atoms with E-state index in [2.05, 4.69) is 4.74 Å². The maximum atomic E-state index is 14.2. The Morgan fingerprint density at radius 3 is 2.54 bits per heavy atom. The Balaban J connectivity index is 1.96. The molecule has 124 valence electrons. The van der Waals surface area contributed by atoms with Gasteiger partial charge in [-0.1, -0.05) is 12.1 Å². The number of rotatable bonds is 3. The number of benzene rings is 2. The van der Waals surface area contributed by atoms with Crippen LogP contribution < -0.4 is 4.90 Å². The van der Waals surface area contributed by atoms with Crippen LogP contribution >= 0.6 is 11.8 Å². The predicted molar refractivity (Wildman–Crippen MR) is 86.8 cm³/mol. The van der Waals surface area contributed by atoms with E-state index in [4.69, 9.17) is 0 Å². The maximum absolute atomic E-state index is 14.2. The van der Waals surface area contributed by atoms with Gasteiger partial charge in [0.05, 0.1) is 18.4 Å². The summed E-state index contributed by atoms with van der Waals surface area (Å²) in [6.45, 7) is 0. The molecule has 4 nitrogen and oxygen atoms in total. The van der Waals surface area contributed by atoms with Gasteiger partial charge >= 0.3 is 5.97 Å². The summed E-state index contributed by atoms with van der Waals surface area (Å²) in [5.41, 5.74) is 0.882. The zero-order chi connectivity index (χ0) is 17.3. The lowest BCUT2D eigenvalue weighted by Crippen LogP contribution is -2.28. The van der Waals surface area contributed by atoms with Crippen LogP contribution in [-0.2, 0) is 9.53 Å². The largest absolute Gasteiger partial charge is 0.465 e. The fourth-order valence-electron chi connectivity index (χ4n) is 2.51. The number of carbonyl (C=O) groups excluding carboxylic acids is 2. The number of carbonyl (C=O) groups is 2. The highest BCUT2D eigenvalue weighted by Crippen LogP contribution is 2.42. The highest BCUT2D eigenvalue weighted by molar-refractivity contribution is 8.00. The molecule has 1 saturated heterocycles. The van der Waals surface area contributed by atoms with E-state index in [1.807, 2.05) is 0 Å². The van der Waals surface area contributed by atoms with Crippen molar-refractivity contribution in [3.05, 3.63) is 65.2 Å². The topological polar surface area (TPSA) is 46.6 Å². The van der Waals surface area contributed by atoms with Gasteiger partial charge in [0.1, 0.15) is 17.0 Å². The molecule has 1 fully saturated rings. The lowest BCUT2D eigenvalue weighted by atomic mass is 10.1. The van der Waals surface area contributed by atoms with Crippen LogP contribution in [0.25, 0.3) is 0 Å². The number of hydrogen-bond donors (Lipinski definition) is 0. The Bertz CT molecular complexity index is 795. The molecule has 0 aromatic heterocycles. The minimum atomic E-state index is -0.781. The Kier molecular flexibility index (Phi) is 4.53. The molecule has 1 unspecified atom stereocenters. The van der Waals surface area contributed by atoms with Crippen molar-refractivity contribution >= 4 is 29.3 Å². The minimum absolute atomic E-state index is 0.181. The molecular formula is C17H13F2NO3S. The van der Waals surface area contributed by atoms with Crippen LogP contribution in [0.5, 0.6) is 0 Å². The summed E-state index contributed by atoms with van der Waals surface area (Å²) in [6.07, 6.45) is 0. The van der Waals surface area contributed by atoms with Gasteiger partial charge in [-0.15, -0.1) is 11.8 Å². The van der Waals surface area contributed by atoms with Gasteiger partial charge in [0.2, 0.25) is 5.91 Å². The average molecular weight is 349 g/mol. The van der Waals surface area contributed by atoms with Gasteiger partial charge < -0.3 is 4.74 Å². The first-order valence-corrected chi connectivity index (χ1v) is 8.13. The number of thioether (sulfide) groups is 1. The Hall–Kier alpha value is -2.41. The second-order valence-corrected chi connectivity index (χ2v) is 6.20. The minimum Gasteiger partial charge on any atom is -0.465 e. The van der Waals surface area contributed by atoms with Crippen molar-refractivity contribution in [1.29, 1.82) is 0 Å². The summed E-state index contributed by atoms with van der Waals surface area (Å²) in [7, 11) is 1.17. The molecule has 0 N–H and O–H groups in total. The molecule has 0 aliphatic carbocycles. The molecule has 24 heavy (non-hydrogen) atoms. The van der Waals surface area contributed by atoms with Crippen LogP contribution in [0.3, 0.4) is 0 Å². The summed E-state index contributed by atoms with van der Waals surface area (Å²) in [4.78, 5) is 25.1. The fourth-order valence-corrected chi connectivity index (χ4v) is 3.68. The normalized spacial score (nSPS) is 17.2. The molecule has 3 rings (SSSR count). The molecule has 1 heterocycles. The molecule has 2 aromatic rings. The monoisotopic (exact) mass is 349 g/mol. The first kappa shape index (κ1) is 16.4. The Morgan fingerprint density at radius 2 is 1.92 bits per heavy atom. The Morgan fingerprint density at radius 1 is 1.21 bits per heavy atom. The number of ether oxygens (including phenoxy) is 1. The molecule has 2 aromatic carbocycles. The lowest BCUT2D eigenvalue weighted by molar-refractivity contribution is -0.115. The molecule has 0 saturated carbocycles. The molecule has 1 atom stereocenters. The third-order valence-electron chi connectivity index (χ3n) is 3.66. The number of methoxy groups -OCH3 is 1. The number of amides is 1. The third kappa shape index (κ3) is 2.99. The van der Waals surface area contributed by atoms with Gasteiger partial charge in [-0.3, -0.25) is 9.69 Å². The van der Waals surface area contributed by atoms with Crippen LogP contribution in [0.4, 0.5) is 14.5 Å². The number of nitrogens with zero attached hydrogens (tertiary/aromatic N) is 1. The van der Waals surface area contributed by atoms with Gasteiger partial charge in [0.25, 0.3) is 0 Å². The van der Waals surface area contributed by atoms with Crippen molar-refractivity contribution in [2.45, 2.75) is 5.37 Å². The highest BCUT2D eigenvalue weighted by atomic mass is 32.2. The first-order valence-electron chi connectivity index (χ1n) is 7.08. The van der Waals surface area contributed by atoms with Crippen LogP contribution in [0.1, 0.15) is 21.3 Å². The van der Waals surface area contributed by atoms with Gasteiger partial charge in [0.15, 0.2) is 0 Å². The van der Waals surface area contributed by atoms with Gasteiger partial charge in [-0.25, -0.2) is 13.6 Å². The number of esters is 1. The van der Waals surface area contributed by atoms with E-state index < -0.39 is 11.8 Å².